The third kappa shape index (κ3) is 2.81. The number of amides is 1. The molecule has 1 atom stereocenters. The molecule has 2 heterocycles. The minimum absolute atomic E-state index is 0.119. The topological polar surface area (TPSA) is 86.5 Å². The highest BCUT2D eigenvalue weighted by Gasteiger charge is 2.24. The fourth-order valence-electron chi connectivity index (χ4n) is 3.42. The van der Waals surface area contributed by atoms with E-state index in [0.29, 0.717) is 17.1 Å². The lowest BCUT2D eigenvalue weighted by Crippen LogP contribution is -2.22. The van der Waals surface area contributed by atoms with E-state index >= 15 is 0 Å². The predicted molar refractivity (Wildman–Crippen MR) is 93.2 cm³/mol. The molecule has 3 aromatic rings. The number of rotatable bonds is 3. The maximum Gasteiger partial charge on any atom is 0.273 e. The number of nitrogens with one attached hydrogen (secondary N) is 2. The first-order valence-electron chi connectivity index (χ1n) is 8.27. The van der Waals surface area contributed by atoms with E-state index in [9.17, 15) is 4.79 Å². The van der Waals surface area contributed by atoms with E-state index in [-0.39, 0.29) is 11.9 Å². The molecule has 0 aliphatic heterocycles. The van der Waals surface area contributed by atoms with E-state index in [1.54, 1.807) is 12.3 Å². The number of carbonyl (C=O) groups excluding carboxylic acids is 1. The molecule has 0 spiro atoms. The van der Waals surface area contributed by atoms with Gasteiger partial charge >= 0.3 is 0 Å². The van der Waals surface area contributed by atoms with Gasteiger partial charge in [0.25, 0.3) is 5.91 Å². The lowest BCUT2D eigenvalue weighted by atomic mass is 9.88. The van der Waals surface area contributed by atoms with Crippen LogP contribution in [-0.2, 0) is 6.42 Å². The Morgan fingerprint density at radius 2 is 2.24 bits per heavy atom. The molecular weight excluding hydrogens is 314 g/mol. The third-order valence-corrected chi connectivity index (χ3v) is 4.60. The second-order valence-corrected chi connectivity index (χ2v) is 6.14. The van der Waals surface area contributed by atoms with Crippen molar-refractivity contribution in [2.75, 3.05) is 5.32 Å². The number of aryl methyl sites for hydroxylation is 1. The summed E-state index contributed by atoms with van der Waals surface area (Å²) in [7, 11) is 0. The first-order valence-corrected chi connectivity index (χ1v) is 8.27. The van der Waals surface area contributed by atoms with Gasteiger partial charge in [-0.25, -0.2) is 4.68 Å². The summed E-state index contributed by atoms with van der Waals surface area (Å²) in [6.07, 6.45) is 6.38. The van der Waals surface area contributed by atoms with Crippen LogP contribution in [0.15, 0.2) is 48.8 Å². The van der Waals surface area contributed by atoms with Gasteiger partial charge < -0.3 is 10.3 Å². The minimum Gasteiger partial charge on any atom is -0.356 e. The van der Waals surface area contributed by atoms with Gasteiger partial charge in [-0.1, -0.05) is 24.3 Å². The van der Waals surface area contributed by atoms with Gasteiger partial charge in [-0.3, -0.25) is 4.79 Å². The molecule has 6 heteroatoms. The van der Waals surface area contributed by atoms with Crippen molar-refractivity contribution in [3.8, 4) is 6.07 Å². The summed E-state index contributed by atoms with van der Waals surface area (Å²) in [4.78, 5) is 15.2. The lowest BCUT2D eigenvalue weighted by molar-refractivity contribution is 0.102. The summed E-state index contributed by atoms with van der Waals surface area (Å²) in [6.45, 7) is 0. The Morgan fingerprint density at radius 1 is 1.36 bits per heavy atom. The molecule has 0 unspecified atom stereocenters. The Bertz CT molecular complexity index is 962. The summed E-state index contributed by atoms with van der Waals surface area (Å²) in [5.74, 6) is 0.368. The highest BCUT2D eigenvalue weighted by molar-refractivity contribution is 6.02. The summed E-state index contributed by atoms with van der Waals surface area (Å²) in [5.41, 5.74) is 3.39. The molecule has 25 heavy (non-hydrogen) atoms. The monoisotopic (exact) mass is 331 g/mol. The number of nitrogens with zero attached hydrogens (tertiary/aromatic N) is 3. The molecule has 1 aliphatic carbocycles. The molecule has 1 amide bonds. The van der Waals surface area contributed by atoms with Crippen molar-refractivity contribution in [1.29, 1.82) is 5.26 Å². The van der Waals surface area contributed by atoms with Gasteiger partial charge in [0, 0.05) is 12.3 Å². The fraction of sp³-hybridized carbons (Fsp3) is 0.211. The Kier molecular flexibility index (Phi) is 3.82. The molecule has 0 radical (unpaired) electrons. The SMILES string of the molecule is N#Cc1c[nH]c(C(=O)Nc2ccnn2[C@H]2CCCc3ccccc32)c1. The average molecular weight is 331 g/mol. The smallest absolute Gasteiger partial charge is 0.273 e. The highest BCUT2D eigenvalue weighted by Crippen LogP contribution is 2.34. The van der Waals surface area contributed by atoms with Crippen molar-refractivity contribution in [2.45, 2.75) is 25.3 Å². The maximum absolute atomic E-state index is 12.4. The van der Waals surface area contributed by atoms with Gasteiger partial charge in [0.05, 0.1) is 17.8 Å². The molecule has 0 saturated carbocycles. The van der Waals surface area contributed by atoms with Crippen molar-refractivity contribution >= 4 is 11.7 Å². The number of fused-ring (bicyclic) bond motifs is 1. The minimum atomic E-state index is -0.285. The van der Waals surface area contributed by atoms with Gasteiger partial charge in [0.15, 0.2) is 0 Å². The molecular formula is C19H17N5O. The zero-order valence-electron chi connectivity index (χ0n) is 13.6. The number of anilines is 1. The van der Waals surface area contributed by atoms with Crippen LogP contribution in [0.25, 0.3) is 0 Å². The lowest BCUT2D eigenvalue weighted by Gasteiger charge is -2.27. The second-order valence-electron chi connectivity index (χ2n) is 6.14. The number of hydrogen-bond acceptors (Lipinski definition) is 3. The molecule has 124 valence electrons. The van der Waals surface area contributed by atoms with Crippen LogP contribution >= 0.6 is 0 Å². The van der Waals surface area contributed by atoms with Gasteiger partial charge in [0.2, 0.25) is 0 Å². The summed E-state index contributed by atoms with van der Waals surface area (Å²) < 4.78 is 1.88. The van der Waals surface area contributed by atoms with E-state index < -0.39 is 0 Å². The van der Waals surface area contributed by atoms with Gasteiger partial charge in [-0.15, -0.1) is 0 Å². The van der Waals surface area contributed by atoms with E-state index in [0.717, 1.165) is 19.3 Å². The highest BCUT2D eigenvalue weighted by atomic mass is 16.2. The number of benzene rings is 1. The molecule has 1 aromatic carbocycles. The van der Waals surface area contributed by atoms with Crippen molar-refractivity contribution in [3.05, 3.63) is 71.2 Å². The maximum atomic E-state index is 12.4. The molecule has 0 fully saturated rings. The second kappa shape index (κ2) is 6.29. The van der Waals surface area contributed by atoms with Crippen molar-refractivity contribution < 1.29 is 4.79 Å². The van der Waals surface area contributed by atoms with Crippen LogP contribution in [0.2, 0.25) is 0 Å². The predicted octanol–water partition coefficient (Wildman–Crippen LogP) is 3.26. The zero-order chi connectivity index (χ0) is 17.2. The summed E-state index contributed by atoms with van der Waals surface area (Å²) in [6, 6.07) is 13.9. The van der Waals surface area contributed by atoms with E-state index in [1.807, 2.05) is 16.8 Å². The molecule has 1 aliphatic rings. The zero-order valence-corrected chi connectivity index (χ0v) is 13.6. The normalized spacial score (nSPS) is 16.0. The fourth-order valence-corrected chi connectivity index (χ4v) is 3.42. The first kappa shape index (κ1) is 15.2. The van der Waals surface area contributed by atoms with E-state index in [4.69, 9.17) is 5.26 Å². The average Bonchev–Trinajstić information content (AvgIpc) is 3.30. The number of aromatic nitrogens is 3. The molecule has 2 aromatic heterocycles. The summed E-state index contributed by atoms with van der Waals surface area (Å²) >= 11 is 0. The number of carbonyl (C=O) groups is 1. The van der Waals surface area contributed by atoms with Crippen LogP contribution in [0.3, 0.4) is 0 Å². The molecule has 0 bridgehead atoms. The molecule has 0 saturated heterocycles. The Morgan fingerprint density at radius 3 is 3.08 bits per heavy atom. The van der Waals surface area contributed by atoms with Crippen LogP contribution < -0.4 is 5.32 Å². The number of aromatic amines is 1. The van der Waals surface area contributed by atoms with Crippen LogP contribution in [-0.4, -0.2) is 20.7 Å². The van der Waals surface area contributed by atoms with E-state index in [1.165, 1.54) is 23.4 Å². The quantitative estimate of drug-likeness (QED) is 0.772. The van der Waals surface area contributed by atoms with Gasteiger partial charge in [-0.05, 0) is 36.5 Å². The molecule has 4 rings (SSSR count). The molecule has 2 N–H and O–H groups in total. The largest absolute Gasteiger partial charge is 0.356 e. The van der Waals surface area contributed by atoms with Crippen LogP contribution in [0.5, 0.6) is 0 Å². The Balaban J connectivity index is 1.62. The van der Waals surface area contributed by atoms with Crippen LogP contribution in [0, 0.1) is 11.3 Å². The van der Waals surface area contributed by atoms with Crippen molar-refractivity contribution in [1.82, 2.24) is 14.8 Å². The number of H-pyrrole nitrogens is 1. The standard InChI is InChI=1S/C19H17N5O/c20-11-13-10-16(21-12-13)19(25)23-18-8-9-22-24(18)17-7-3-5-14-4-1-2-6-15(14)17/h1-2,4,6,8-10,12,17,21H,3,5,7H2,(H,23,25)/t17-/m0/s1. The number of hydrogen-bond donors (Lipinski definition) is 2. The van der Waals surface area contributed by atoms with Crippen molar-refractivity contribution in [3.63, 3.8) is 0 Å². The van der Waals surface area contributed by atoms with Crippen LogP contribution in [0.4, 0.5) is 5.82 Å². The first-order chi connectivity index (χ1) is 12.3. The van der Waals surface area contributed by atoms with Gasteiger partial charge in [-0.2, -0.15) is 10.4 Å². The molecule has 6 nitrogen and oxygen atoms in total. The van der Waals surface area contributed by atoms with E-state index in [2.05, 4.69) is 33.6 Å². The van der Waals surface area contributed by atoms with Gasteiger partial charge in [0.1, 0.15) is 17.6 Å². The van der Waals surface area contributed by atoms with Crippen LogP contribution in [0.1, 0.15) is 46.1 Å². The van der Waals surface area contributed by atoms with Crippen molar-refractivity contribution in [2.24, 2.45) is 0 Å². The Hall–Kier alpha value is -3.33. The Labute approximate surface area is 145 Å². The summed E-state index contributed by atoms with van der Waals surface area (Å²) in [5, 5.41) is 16.2. The third-order valence-electron chi connectivity index (χ3n) is 4.60. The number of nitriles is 1.